The van der Waals surface area contributed by atoms with E-state index in [1.807, 2.05) is 24.3 Å². The molecular formula is C16H17N7OS2. The molecule has 0 radical (unpaired) electrons. The Balaban J connectivity index is 1.37. The van der Waals surface area contributed by atoms with E-state index >= 15 is 0 Å². The smallest absolute Gasteiger partial charge is 0.277 e. The summed E-state index contributed by atoms with van der Waals surface area (Å²) in [4.78, 5) is 13.4. The summed E-state index contributed by atoms with van der Waals surface area (Å²) in [5.41, 5.74) is 2.75. The van der Waals surface area contributed by atoms with Crippen molar-refractivity contribution in [1.29, 1.82) is 0 Å². The Morgan fingerprint density at radius 3 is 2.77 bits per heavy atom. The molecule has 1 aromatic carbocycles. The SMILES string of the molecule is O=C(Nc1ccc(Sc2nncs2)cc1)c1cn(C2CCNCC2)nn1. The minimum absolute atomic E-state index is 0.255. The molecule has 8 nitrogen and oxygen atoms in total. The lowest BCUT2D eigenvalue weighted by atomic mass is 10.1. The lowest BCUT2D eigenvalue weighted by Gasteiger charge is -2.22. The summed E-state index contributed by atoms with van der Waals surface area (Å²) >= 11 is 3.03. The van der Waals surface area contributed by atoms with Crippen LogP contribution in [0.15, 0.2) is 45.2 Å². The first-order valence-corrected chi connectivity index (χ1v) is 9.95. The summed E-state index contributed by atoms with van der Waals surface area (Å²) < 4.78 is 2.69. The van der Waals surface area contributed by atoms with Gasteiger partial charge in [-0.1, -0.05) is 28.3 Å². The van der Waals surface area contributed by atoms with Crippen molar-refractivity contribution in [2.75, 3.05) is 18.4 Å². The molecule has 3 heterocycles. The molecule has 1 fully saturated rings. The number of hydrogen-bond acceptors (Lipinski definition) is 8. The second-order valence-electron chi connectivity index (χ2n) is 5.85. The molecule has 0 atom stereocenters. The van der Waals surface area contributed by atoms with Crippen molar-refractivity contribution in [2.24, 2.45) is 0 Å². The Kier molecular flexibility index (Phi) is 5.23. The van der Waals surface area contributed by atoms with Gasteiger partial charge in [0.1, 0.15) is 5.51 Å². The number of rotatable bonds is 5. The molecule has 2 aromatic heterocycles. The van der Waals surface area contributed by atoms with Crippen LogP contribution < -0.4 is 10.6 Å². The van der Waals surface area contributed by atoms with Gasteiger partial charge in [-0.3, -0.25) is 4.79 Å². The summed E-state index contributed by atoms with van der Waals surface area (Å²) in [5, 5.41) is 22.1. The van der Waals surface area contributed by atoms with Gasteiger partial charge in [-0.25, -0.2) is 4.68 Å². The molecule has 1 amide bonds. The van der Waals surface area contributed by atoms with Gasteiger partial charge >= 0.3 is 0 Å². The number of aromatic nitrogens is 5. The molecule has 1 saturated heterocycles. The van der Waals surface area contributed by atoms with Gasteiger partial charge < -0.3 is 10.6 Å². The minimum Gasteiger partial charge on any atom is -0.321 e. The second-order valence-corrected chi connectivity index (χ2v) is 8.00. The largest absolute Gasteiger partial charge is 0.321 e. The fourth-order valence-electron chi connectivity index (χ4n) is 2.74. The van der Waals surface area contributed by atoms with E-state index < -0.39 is 0 Å². The minimum atomic E-state index is -0.255. The summed E-state index contributed by atoms with van der Waals surface area (Å²) in [6.45, 7) is 1.93. The fraction of sp³-hybridized carbons (Fsp3) is 0.312. The topological polar surface area (TPSA) is 97.6 Å². The van der Waals surface area contributed by atoms with Crippen molar-refractivity contribution in [3.63, 3.8) is 0 Å². The number of nitrogens with one attached hydrogen (secondary N) is 2. The third-order valence-electron chi connectivity index (χ3n) is 4.08. The normalized spacial score (nSPS) is 15.1. The van der Waals surface area contributed by atoms with Gasteiger partial charge in [-0.15, -0.1) is 15.3 Å². The Morgan fingerprint density at radius 2 is 2.04 bits per heavy atom. The predicted octanol–water partition coefficient (Wildman–Crippen LogP) is 2.46. The van der Waals surface area contributed by atoms with Gasteiger partial charge in [0.25, 0.3) is 5.91 Å². The van der Waals surface area contributed by atoms with Crippen LogP contribution in [0.4, 0.5) is 5.69 Å². The van der Waals surface area contributed by atoms with Crippen molar-refractivity contribution in [1.82, 2.24) is 30.5 Å². The molecule has 26 heavy (non-hydrogen) atoms. The number of amides is 1. The number of benzene rings is 1. The van der Waals surface area contributed by atoms with Crippen LogP contribution in [0, 0.1) is 0 Å². The first kappa shape index (κ1) is 17.1. The first-order valence-electron chi connectivity index (χ1n) is 8.26. The summed E-state index contributed by atoms with van der Waals surface area (Å²) in [5.74, 6) is -0.255. The quantitative estimate of drug-likeness (QED) is 0.694. The Morgan fingerprint density at radius 1 is 1.23 bits per heavy atom. The molecule has 1 aliphatic rings. The first-order chi connectivity index (χ1) is 12.8. The van der Waals surface area contributed by atoms with Crippen LogP contribution in [-0.4, -0.2) is 44.2 Å². The lowest BCUT2D eigenvalue weighted by molar-refractivity contribution is 0.102. The maximum absolute atomic E-state index is 12.4. The molecule has 0 spiro atoms. The number of carbonyl (C=O) groups excluding carboxylic acids is 1. The highest BCUT2D eigenvalue weighted by atomic mass is 32.2. The van der Waals surface area contributed by atoms with E-state index in [0.29, 0.717) is 17.4 Å². The van der Waals surface area contributed by atoms with Gasteiger partial charge in [-0.2, -0.15) is 0 Å². The van der Waals surface area contributed by atoms with E-state index in [-0.39, 0.29) is 5.91 Å². The highest BCUT2D eigenvalue weighted by Gasteiger charge is 2.18. The van der Waals surface area contributed by atoms with Gasteiger partial charge in [0.2, 0.25) is 0 Å². The number of anilines is 1. The zero-order valence-electron chi connectivity index (χ0n) is 13.8. The van der Waals surface area contributed by atoms with Crippen molar-refractivity contribution in [3.05, 3.63) is 41.7 Å². The zero-order chi connectivity index (χ0) is 17.8. The molecule has 1 aliphatic heterocycles. The number of carbonyl (C=O) groups is 1. The van der Waals surface area contributed by atoms with Crippen LogP contribution in [0.25, 0.3) is 0 Å². The van der Waals surface area contributed by atoms with E-state index in [1.54, 1.807) is 16.4 Å². The number of piperidine rings is 1. The predicted molar refractivity (Wildman–Crippen MR) is 99.6 cm³/mol. The lowest BCUT2D eigenvalue weighted by Crippen LogP contribution is -2.29. The van der Waals surface area contributed by atoms with Crippen LogP contribution in [0.3, 0.4) is 0 Å². The zero-order valence-corrected chi connectivity index (χ0v) is 15.5. The summed E-state index contributed by atoms with van der Waals surface area (Å²) in [7, 11) is 0. The van der Waals surface area contributed by atoms with Crippen LogP contribution in [0.2, 0.25) is 0 Å². The van der Waals surface area contributed by atoms with Crippen LogP contribution in [0.1, 0.15) is 29.4 Å². The molecule has 2 N–H and O–H groups in total. The van der Waals surface area contributed by atoms with Crippen LogP contribution >= 0.6 is 23.1 Å². The maximum atomic E-state index is 12.4. The van der Waals surface area contributed by atoms with E-state index in [4.69, 9.17) is 0 Å². The Labute approximate surface area is 158 Å². The van der Waals surface area contributed by atoms with Crippen LogP contribution in [-0.2, 0) is 0 Å². The van der Waals surface area contributed by atoms with Crippen molar-refractivity contribution in [2.45, 2.75) is 28.1 Å². The average molecular weight is 387 g/mol. The van der Waals surface area contributed by atoms with Gasteiger partial charge in [0, 0.05) is 10.6 Å². The van der Waals surface area contributed by atoms with E-state index in [2.05, 4.69) is 31.1 Å². The highest BCUT2D eigenvalue weighted by Crippen LogP contribution is 2.29. The van der Waals surface area contributed by atoms with Crippen LogP contribution in [0.5, 0.6) is 0 Å². The molecule has 4 rings (SSSR count). The third kappa shape index (κ3) is 4.09. The molecule has 0 unspecified atom stereocenters. The third-order valence-corrected chi connectivity index (χ3v) is 5.87. The van der Waals surface area contributed by atoms with E-state index in [9.17, 15) is 4.79 Å². The summed E-state index contributed by atoms with van der Waals surface area (Å²) in [6.07, 6.45) is 3.72. The molecule has 3 aromatic rings. The van der Waals surface area contributed by atoms with Gasteiger partial charge in [0.15, 0.2) is 10.0 Å². The highest BCUT2D eigenvalue weighted by molar-refractivity contribution is 8.01. The maximum Gasteiger partial charge on any atom is 0.277 e. The molecule has 0 bridgehead atoms. The molecule has 0 saturated carbocycles. The average Bonchev–Trinajstić information content (AvgIpc) is 3.36. The van der Waals surface area contributed by atoms with Crippen molar-refractivity contribution < 1.29 is 4.79 Å². The standard InChI is InChI=1S/C16H17N7OS2/c24-15(14-9-23(22-20-14)12-5-7-17-8-6-12)19-11-1-3-13(4-2-11)26-16-21-18-10-25-16/h1-4,9-10,12,17H,5-8H2,(H,19,24). The molecule has 10 heteroatoms. The molecular weight excluding hydrogens is 370 g/mol. The van der Waals surface area contributed by atoms with Gasteiger partial charge in [0.05, 0.1) is 12.2 Å². The molecule has 134 valence electrons. The van der Waals surface area contributed by atoms with E-state index in [0.717, 1.165) is 35.2 Å². The number of nitrogens with zero attached hydrogens (tertiary/aromatic N) is 5. The van der Waals surface area contributed by atoms with Gasteiger partial charge in [-0.05, 0) is 50.2 Å². The fourth-order valence-corrected chi connectivity index (χ4v) is 4.19. The van der Waals surface area contributed by atoms with E-state index in [1.165, 1.54) is 23.1 Å². The summed E-state index contributed by atoms with van der Waals surface area (Å²) in [6, 6.07) is 7.90. The second kappa shape index (κ2) is 7.94. The van der Waals surface area contributed by atoms with Crippen molar-refractivity contribution in [3.8, 4) is 0 Å². The Bertz CT molecular complexity index is 857. The Hall–Kier alpha value is -2.30. The molecule has 0 aliphatic carbocycles. The monoisotopic (exact) mass is 387 g/mol. The van der Waals surface area contributed by atoms with Crippen molar-refractivity contribution >= 4 is 34.7 Å². The number of hydrogen-bond donors (Lipinski definition) is 2.